The van der Waals surface area contributed by atoms with Crippen LogP contribution in [0, 0.1) is 17.9 Å². The van der Waals surface area contributed by atoms with Crippen molar-refractivity contribution in [2.75, 3.05) is 31.1 Å². The van der Waals surface area contributed by atoms with E-state index in [-0.39, 0.29) is 25.6 Å². The van der Waals surface area contributed by atoms with E-state index in [0.717, 1.165) is 24.6 Å². The molecule has 2 atom stereocenters. The predicted molar refractivity (Wildman–Crippen MR) is 147 cm³/mol. The van der Waals surface area contributed by atoms with Gasteiger partial charge in [0.05, 0.1) is 24.8 Å². The summed E-state index contributed by atoms with van der Waals surface area (Å²) in [6.45, 7) is 13.9. The first-order chi connectivity index (χ1) is 18.6. The van der Waals surface area contributed by atoms with Gasteiger partial charge in [-0.25, -0.2) is 14.6 Å². The molecule has 4 rings (SSSR count). The number of amides is 2. The van der Waals surface area contributed by atoms with Crippen molar-refractivity contribution in [1.82, 2.24) is 9.88 Å². The third kappa shape index (κ3) is 6.27. The Hall–Kier alpha value is -3.80. The number of rotatable bonds is 7. The average Bonchev–Trinajstić information content (AvgIpc) is 3.75. The van der Waals surface area contributed by atoms with Crippen molar-refractivity contribution < 1.29 is 19.4 Å². The van der Waals surface area contributed by atoms with E-state index in [1.165, 1.54) is 4.90 Å². The SMILES string of the molecule is [C-]#[N+]c1c(N2CCN(C(=O)OC(C)(C)C)C(CO)C2)nc(SC(C(N)=O)c2ccccc2)c(C#N)c1C1CC1. The zero-order valence-electron chi connectivity index (χ0n) is 22.3. The minimum Gasteiger partial charge on any atom is -0.444 e. The molecule has 0 spiro atoms. The molecule has 1 aromatic heterocycles. The van der Waals surface area contributed by atoms with E-state index >= 15 is 0 Å². The Morgan fingerprint density at radius 2 is 2.00 bits per heavy atom. The fourth-order valence-corrected chi connectivity index (χ4v) is 5.69. The molecule has 1 aliphatic heterocycles. The van der Waals surface area contributed by atoms with Gasteiger partial charge in [-0.2, -0.15) is 5.26 Å². The number of pyridine rings is 1. The highest BCUT2D eigenvalue weighted by Gasteiger charge is 2.38. The zero-order chi connectivity index (χ0) is 28.3. The number of aliphatic hydroxyl groups is 1. The number of piperazine rings is 1. The third-order valence-electron chi connectivity index (χ3n) is 6.58. The fraction of sp³-hybridized carbons (Fsp3) is 0.464. The third-order valence-corrected chi connectivity index (χ3v) is 7.84. The van der Waals surface area contributed by atoms with Crippen LogP contribution >= 0.6 is 11.8 Å². The minimum atomic E-state index is -0.779. The highest BCUT2D eigenvalue weighted by atomic mass is 32.2. The van der Waals surface area contributed by atoms with Crippen molar-refractivity contribution in [2.45, 2.75) is 61.4 Å². The molecule has 11 heteroatoms. The molecule has 1 aliphatic carbocycles. The molecule has 2 amide bonds. The van der Waals surface area contributed by atoms with Crippen molar-refractivity contribution in [3.63, 3.8) is 0 Å². The highest BCUT2D eigenvalue weighted by molar-refractivity contribution is 8.00. The molecule has 1 aromatic carbocycles. The van der Waals surface area contributed by atoms with Crippen molar-refractivity contribution in [1.29, 1.82) is 5.26 Å². The first-order valence-corrected chi connectivity index (χ1v) is 13.7. The Bertz CT molecular complexity index is 1330. The molecule has 2 heterocycles. The molecule has 1 saturated heterocycles. The van der Waals surface area contributed by atoms with Crippen molar-refractivity contribution in [3.05, 3.63) is 58.4 Å². The Morgan fingerprint density at radius 3 is 2.54 bits per heavy atom. The Balaban J connectivity index is 1.74. The van der Waals surface area contributed by atoms with Crippen molar-refractivity contribution in [2.24, 2.45) is 5.73 Å². The lowest BCUT2D eigenvalue weighted by Crippen LogP contribution is -2.57. The second kappa shape index (κ2) is 11.5. The van der Waals surface area contributed by atoms with Crippen molar-refractivity contribution in [3.8, 4) is 6.07 Å². The number of thioether (sulfide) groups is 1. The molecule has 2 aliphatic rings. The van der Waals surface area contributed by atoms with Crippen LogP contribution in [0.1, 0.15) is 61.5 Å². The number of anilines is 1. The van der Waals surface area contributed by atoms with Gasteiger partial charge in [0.15, 0.2) is 0 Å². The van der Waals surface area contributed by atoms with E-state index in [2.05, 4.69) is 10.9 Å². The summed E-state index contributed by atoms with van der Waals surface area (Å²) in [4.78, 5) is 37.2. The largest absolute Gasteiger partial charge is 0.444 e. The molecule has 0 radical (unpaired) electrons. The van der Waals surface area contributed by atoms with Crippen molar-refractivity contribution >= 4 is 35.3 Å². The number of benzene rings is 1. The minimum absolute atomic E-state index is 0.0605. The van der Waals surface area contributed by atoms with Crippen LogP contribution in [0.5, 0.6) is 0 Å². The fourth-order valence-electron chi connectivity index (χ4n) is 4.65. The van der Waals surface area contributed by atoms with Crippen LogP contribution < -0.4 is 10.6 Å². The number of hydrogen-bond donors (Lipinski definition) is 2. The summed E-state index contributed by atoms with van der Waals surface area (Å²) in [5.41, 5.74) is 7.03. The topological polar surface area (TPSA) is 137 Å². The first-order valence-electron chi connectivity index (χ1n) is 12.8. The van der Waals surface area contributed by atoms with Crippen LogP contribution in [0.15, 0.2) is 35.4 Å². The number of ether oxygens (including phenoxy) is 1. The van der Waals surface area contributed by atoms with E-state index in [9.17, 15) is 20.0 Å². The number of primary amides is 1. The summed E-state index contributed by atoms with van der Waals surface area (Å²) in [5.74, 6) is -0.121. The maximum absolute atomic E-state index is 12.8. The van der Waals surface area contributed by atoms with Gasteiger partial charge in [-0.3, -0.25) is 9.69 Å². The van der Waals surface area contributed by atoms with Crippen LogP contribution in [0.2, 0.25) is 0 Å². The molecule has 10 nitrogen and oxygen atoms in total. The van der Waals surface area contributed by atoms with Gasteiger partial charge in [-0.1, -0.05) is 42.1 Å². The highest BCUT2D eigenvalue weighted by Crippen LogP contribution is 2.51. The first kappa shape index (κ1) is 28.2. The van der Waals surface area contributed by atoms with Gasteiger partial charge in [0.1, 0.15) is 27.8 Å². The molecule has 1 saturated carbocycles. The van der Waals surface area contributed by atoms with Crippen LogP contribution in [-0.4, -0.2) is 64.9 Å². The summed E-state index contributed by atoms with van der Waals surface area (Å²) >= 11 is 1.10. The quantitative estimate of drug-likeness (QED) is 0.389. The lowest BCUT2D eigenvalue weighted by molar-refractivity contribution is -0.117. The number of aromatic nitrogens is 1. The zero-order valence-corrected chi connectivity index (χ0v) is 23.1. The normalized spacial score (nSPS) is 18.2. The number of nitrogens with two attached hydrogens (primary N) is 1. The van der Waals surface area contributed by atoms with Crippen LogP contribution in [-0.2, 0) is 9.53 Å². The van der Waals surface area contributed by atoms with E-state index < -0.39 is 28.9 Å². The lowest BCUT2D eigenvalue weighted by Gasteiger charge is -2.42. The monoisotopic (exact) mass is 548 g/mol. The van der Waals surface area contributed by atoms with Crippen LogP contribution in [0.25, 0.3) is 4.85 Å². The number of aliphatic hydroxyl groups excluding tert-OH is 1. The molecular formula is C28H32N6O4S. The summed E-state index contributed by atoms with van der Waals surface area (Å²) < 4.78 is 5.52. The van der Waals surface area contributed by atoms with Crippen LogP contribution in [0.3, 0.4) is 0 Å². The van der Waals surface area contributed by atoms with Gasteiger partial charge in [0.2, 0.25) is 11.6 Å². The molecule has 2 aromatic rings. The second-order valence-electron chi connectivity index (χ2n) is 10.6. The van der Waals surface area contributed by atoms with E-state index in [1.54, 1.807) is 32.9 Å². The molecule has 2 fully saturated rings. The maximum atomic E-state index is 12.8. The summed E-state index contributed by atoms with van der Waals surface area (Å²) in [6.07, 6.45) is 1.20. The van der Waals surface area contributed by atoms with Gasteiger partial charge in [-0.05, 0) is 50.7 Å². The Kier molecular flexibility index (Phi) is 8.34. The average molecular weight is 549 g/mol. The number of nitriles is 1. The number of hydrogen-bond acceptors (Lipinski definition) is 8. The smallest absolute Gasteiger partial charge is 0.410 e. The number of carbonyl (C=O) groups is 2. The number of carbonyl (C=O) groups excluding carboxylic acids is 2. The van der Waals surface area contributed by atoms with E-state index in [0.29, 0.717) is 39.8 Å². The van der Waals surface area contributed by atoms with Gasteiger partial charge >= 0.3 is 6.09 Å². The van der Waals surface area contributed by atoms with Gasteiger partial charge < -0.3 is 20.5 Å². The molecule has 3 N–H and O–H groups in total. The second-order valence-corrected chi connectivity index (χ2v) is 11.7. The Morgan fingerprint density at radius 1 is 1.31 bits per heavy atom. The predicted octanol–water partition coefficient (Wildman–Crippen LogP) is 4.12. The van der Waals surface area contributed by atoms with Gasteiger partial charge in [-0.15, -0.1) is 0 Å². The maximum Gasteiger partial charge on any atom is 0.410 e. The van der Waals surface area contributed by atoms with Gasteiger partial charge in [0.25, 0.3) is 0 Å². The number of nitrogens with zero attached hydrogens (tertiary/aromatic N) is 5. The Labute approximate surface area is 232 Å². The van der Waals surface area contributed by atoms with E-state index in [1.807, 2.05) is 23.1 Å². The molecular weight excluding hydrogens is 516 g/mol. The molecule has 0 bridgehead atoms. The standard InChI is InChI=1S/C28H32N6O4S/c1-28(2,3)38-27(37)34-13-12-33(15-19(34)16-35)25-22(31-4)21(17-10-11-17)20(14-29)26(32-25)39-23(24(30)36)18-8-6-5-7-9-18/h5-9,17,19,23,35H,10-13,15-16H2,1-3H3,(H2,30,36). The molecule has 204 valence electrons. The summed E-state index contributed by atoms with van der Waals surface area (Å²) in [7, 11) is 0. The summed E-state index contributed by atoms with van der Waals surface area (Å²) in [5, 5.41) is 19.9. The van der Waals surface area contributed by atoms with E-state index in [4.69, 9.17) is 22.0 Å². The molecule has 39 heavy (non-hydrogen) atoms. The van der Waals surface area contributed by atoms with Crippen LogP contribution in [0.4, 0.5) is 16.3 Å². The lowest BCUT2D eigenvalue weighted by atomic mass is 10.0. The molecule has 2 unspecified atom stereocenters. The summed E-state index contributed by atoms with van der Waals surface area (Å²) in [6, 6.07) is 10.7. The van der Waals surface area contributed by atoms with Gasteiger partial charge in [0, 0.05) is 19.6 Å².